The van der Waals surface area contributed by atoms with Gasteiger partial charge >= 0.3 is 5.69 Å². The Morgan fingerprint density at radius 1 is 1.25 bits per heavy atom. The van der Waals surface area contributed by atoms with Gasteiger partial charge in [-0.15, -0.1) is 11.3 Å². The van der Waals surface area contributed by atoms with E-state index in [0.717, 1.165) is 17.7 Å². The number of aromatic amines is 2. The monoisotopic (exact) mass is 507 g/mol. The minimum Gasteiger partial charge on any atom is -0.493 e. The summed E-state index contributed by atoms with van der Waals surface area (Å²) in [5.41, 5.74) is 1.61. The highest BCUT2D eigenvalue weighted by Gasteiger charge is 2.27. The summed E-state index contributed by atoms with van der Waals surface area (Å²) >= 11 is 1.39. The van der Waals surface area contributed by atoms with Gasteiger partial charge in [0.1, 0.15) is 5.69 Å². The predicted octanol–water partition coefficient (Wildman–Crippen LogP) is 1.04. The van der Waals surface area contributed by atoms with Crippen molar-refractivity contribution in [3.8, 4) is 16.5 Å². The smallest absolute Gasteiger partial charge is 0.326 e. The van der Waals surface area contributed by atoms with Crippen LogP contribution in [0.25, 0.3) is 22.3 Å². The van der Waals surface area contributed by atoms with Crippen molar-refractivity contribution in [2.75, 3.05) is 13.1 Å². The molecular formula is C24H25N7O4S. The van der Waals surface area contributed by atoms with E-state index in [0.29, 0.717) is 40.0 Å². The Balaban J connectivity index is 1.42. The maximum Gasteiger partial charge on any atom is 0.326 e. The number of imidazole rings is 1. The number of carbonyl (C=O) groups is 1. The first-order valence-corrected chi connectivity index (χ1v) is 12.7. The summed E-state index contributed by atoms with van der Waals surface area (Å²) in [6, 6.07) is 5.88. The zero-order valence-corrected chi connectivity index (χ0v) is 20.6. The van der Waals surface area contributed by atoms with Crippen LogP contribution in [0.1, 0.15) is 42.1 Å². The Morgan fingerprint density at radius 2 is 2.03 bits per heavy atom. The van der Waals surface area contributed by atoms with Gasteiger partial charge < -0.3 is 19.7 Å². The molecule has 1 amide bonds. The van der Waals surface area contributed by atoms with Crippen molar-refractivity contribution in [2.45, 2.75) is 44.9 Å². The average Bonchev–Trinajstić information content (AvgIpc) is 3.22. The van der Waals surface area contributed by atoms with Crippen LogP contribution in [0, 0.1) is 0 Å². The average molecular weight is 508 g/mol. The fraction of sp³-hybridized carbons (Fsp3) is 0.375. The number of nitrogens with one attached hydrogen (secondary N) is 2. The van der Waals surface area contributed by atoms with Crippen molar-refractivity contribution in [1.29, 1.82) is 0 Å². The molecule has 11 nitrogen and oxygen atoms in total. The number of hydrogen-bond acceptors (Lipinski definition) is 8. The van der Waals surface area contributed by atoms with Crippen LogP contribution in [-0.4, -0.2) is 71.8 Å². The quantitative estimate of drug-likeness (QED) is 0.377. The van der Waals surface area contributed by atoms with Crippen molar-refractivity contribution in [1.82, 2.24) is 29.5 Å². The van der Waals surface area contributed by atoms with E-state index < -0.39 is 5.69 Å². The molecule has 36 heavy (non-hydrogen) atoms. The Kier molecular flexibility index (Phi) is 5.49. The van der Waals surface area contributed by atoms with E-state index in [1.165, 1.54) is 11.3 Å². The summed E-state index contributed by atoms with van der Waals surface area (Å²) in [7, 11) is 0. The first kappa shape index (κ1) is 22.7. The zero-order valence-electron chi connectivity index (χ0n) is 19.8. The van der Waals surface area contributed by atoms with Crippen molar-refractivity contribution in [2.24, 2.45) is 4.99 Å². The highest BCUT2D eigenvalue weighted by Crippen LogP contribution is 2.28. The number of rotatable bonds is 4. The molecule has 4 aromatic heterocycles. The van der Waals surface area contributed by atoms with Gasteiger partial charge in [-0.3, -0.25) is 14.8 Å². The largest absolute Gasteiger partial charge is 0.493 e. The maximum absolute atomic E-state index is 13.2. The standard InChI is InChI=1S/C24H25N7O4S/c1-12-10-30(11-13(2)35-12)23(33)19-6-5-18(36-19)16-8-20(26-15-3-4-15)31-21(27-16)14(9-25-31)7-17-22(32)29-24(34)28-17/h5-9,12-13,15,32H,3-4,10-11H2,1-2H3,(H2,28,29,34). The van der Waals surface area contributed by atoms with E-state index in [4.69, 9.17) is 14.7 Å². The van der Waals surface area contributed by atoms with Crippen LogP contribution < -0.4 is 16.4 Å². The number of ether oxygens (including phenoxy) is 1. The van der Waals surface area contributed by atoms with Crippen LogP contribution in [-0.2, 0) is 4.74 Å². The van der Waals surface area contributed by atoms with Gasteiger partial charge in [-0.05, 0) is 44.9 Å². The molecular weight excluding hydrogens is 482 g/mol. The second kappa shape index (κ2) is 8.71. The third-order valence-corrected chi connectivity index (χ3v) is 7.25. The first-order chi connectivity index (χ1) is 17.3. The molecule has 2 atom stereocenters. The van der Waals surface area contributed by atoms with Crippen molar-refractivity contribution >= 4 is 29.0 Å². The fourth-order valence-electron chi connectivity index (χ4n) is 4.41. The molecule has 6 rings (SSSR count). The van der Waals surface area contributed by atoms with Gasteiger partial charge in [-0.2, -0.15) is 9.61 Å². The number of morpholine rings is 1. The molecule has 12 heteroatoms. The summed E-state index contributed by atoms with van der Waals surface area (Å²) in [5.74, 6) is -0.269. The zero-order chi connectivity index (χ0) is 25.0. The number of amides is 1. The molecule has 1 saturated heterocycles. The number of hydrogen-bond donors (Lipinski definition) is 3. The number of thiophene rings is 1. The lowest BCUT2D eigenvalue weighted by Crippen LogP contribution is -2.48. The molecule has 0 bridgehead atoms. The van der Waals surface area contributed by atoms with Crippen molar-refractivity contribution < 1.29 is 14.6 Å². The van der Waals surface area contributed by atoms with Crippen molar-refractivity contribution in [3.05, 3.63) is 56.2 Å². The second-order valence-electron chi connectivity index (χ2n) is 9.31. The van der Waals surface area contributed by atoms with E-state index in [9.17, 15) is 14.7 Å². The molecule has 0 aromatic carbocycles. The maximum atomic E-state index is 13.2. The number of fused-ring (bicyclic) bond motifs is 1. The number of carbonyl (C=O) groups excluding carboxylic acids is 1. The van der Waals surface area contributed by atoms with Crippen molar-refractivity contribution in [3.63, 3.8) is 0 Å². The van der Waals surface area contributed by atoms with Gasteiger partial charge in [0.25, 0.3) is 5.91 Å². The lowest BCUT2D eigenvalue weighted by molar-refractivity contribution is -0.0585. The van der Waals surface area contributed by atoms with Crippen LogP contribution in [0.2, 0.25) is 0 Å². The molecule has 2 unspecified atom stereocenters. The van der Waals surface area contributed by atoms with Crippen LogP contribution in [0.4, 0.5) is 0 Å². The molecule has 1 aliphatic carbocycles. The molecule has 0 spiro atoms. The molecule has 2 aliphatic rings. The third kappa shape index (κ3) is 4.33. The van der Waals surface area contributed by atoms with Crippen LogP contribution in [0.15, 0.2) is 34.2 Å². The Morgan fingerprint density at radius 3 is 2.72 bits per heavy atom. The molecule has 2 fully saturated rings. The SMILES string of the molecule is CC1CN(C(=O)c2ccc(-c3cc(=NC4CC4)n4ncc(=Cc5[nH]c(=O)[nH]c5O)c4n3)s2)CC(C)O1. The number of nitrogens with zero attached hydrogens (tertiary/aromatic N) is 5. The van der Waals surface area contributed by atoms with E-state index >= 15 is 0 Å². The number of H-pyrrole nitrogens is 2. The highest BCUT2D eigenvalue weighted by molar-refractivity contribution is 7.17. The second-order valence-corrected chi connectivity index (χ2v) is 10.4. The predicted molar refractivity (Wildman–Crippen MR) is 133 cm³/mol. The van der Waals surface area contributed by atoms with Gasteiger partial charge in [-0.25, -0.2) is 9.78 Å². The lowest BCUT2D eigenvalue weighted by Gasteiger charge is -2.35. The minimum atomic E-state index is -0.506. The third-order valence-electron chi connectivity index (χ3n) is 6.15. The Labute approximate surface area is 208 Å². The van der Waals surface area contributed by atoms with E-state index in [1.807, 2.05) is 36.9 Å². The van der Waals surface area contributed by atoms with E-state index in [2.05, 4.69) is 15.1 Å². The lowest BCUT2D eigenvalue weighted by atomic mass is 10.2. The van der Waals surface area contributed by atoms with Crippen LogP contribution in [0.5, 0.6) is 5.88 Å². The summed E-state index contributed by atoms with van der Waals surface area (Å²) in [6.07, 6.45) is 5.29. The van der Waals surface area contributed by atoms with Gasteiger partial charge in [-0.1, -0.05) is 0 Å². The number of aromatic nitrogens is 5. The normalized spacial score (nSPS) is 21.6. The Bertz CT molecular complexity index is 1630. The van der Waals surface area contributed by atoms with E-state index in [1.54, 1.807) is 16.8 Å². The molecule has 1 saturated carbocycles. The molecule has 5 heterocycles. The molecule has 4 aromatic rings. The topological polar surface area (TPSA) is 141 Å². The summed E-state index contributed by atoms with van der Waals surface area (Å²) in [5, 5.41) is 15.0. The Hall–Kier alpha value is -3.77. The fourth-order valence-corrected chi connectivity index (χ4v) is 5.35. The van der Waals surface area contributed by atoms with Gasteiger partial charge in [0.15, 0.2) is 11.1 Å². The summed E-state index contributed by atoms with van der Waals surface area (Å²) in [6.45, 7) is 5.08. The minimum absolute atomic E-state index is 0.00117. The molecule has 1 aliphatic heterocycles. The molecule has 186 valence electrons. The highest BCUT2D eigenvalue weighted by atomic mass is 32.1. The van der Waals surface area contributed by atoms with Gasteiger partial charge in [0.2, 0.25) is 5.88 Å². The van der Waals surface area contributed by atoms with Crippen LogP contribution in [0.3, 0.4) is 0 Å². The van der Waals surface area contributed by atoms with Gasteiger partial charge in [0, 0.05) is 24.4 Å². The molecule has 3 N–H and O–H groups in total. The van der Waals surface area contributed by atoms with E-state index in [-0.39, 0.29) is 35.7 Å². The number of aromatic hydroxyl groups is 1. The van der Waals surface area contributed by atoms with Crippen LogP contribution >= 0.6 is 11.3 Å². The first-order valence-electron chi connectivity index (χ1n) is 11.8. The van der Waals surface area contributed by atoms with Gasteiger partial charge in [0.05, 0.1) is 39.9 Å². The summed E-state index contributed by atoms with van der Waals surface area (Å²) < 4.78 is 7.42. The summed E-state index contributed by atoms with van der Waals surface area (Å²) in [4.78, 5) is 42.5. The molecule has 0 radical (unpaired) electrons.